The van der Waals surface area contributed by atoms with Crippen LogP contribution in [0.2, 0.25) is 0 Å². The number of hydrogen-bond acceptors (Lipinski definition) is 1. The first-order valence-electron chi connectivity index (χ1n) is 5.89. The van der Waals surface area contributed by atoms with Crippen molar-refractivity contribution in [2.45, 2.75) is 46.5 Å². The van der Waals surface area contributed by atoms with Crippen LogP contribution in [0.4, 0.5) is 0 Å². The van der Waals surface area contributed by atoms with Crippen molar-refractivity contribution in [2.24, 2.45) is 5.92 Å². The Labute approximate surface area is 98.1 Å². The lowest BCUT2D eigenvalue weighted by atomic mass is 9.84. The second kappa shape index (κ2) is 3.35. The maximum atomic E-state index is 9.07. The van der Waals surface area contributed by atoms with Gasteiger partial charge in [-0.1, -0.05) is 13.0 Å². The minimum Gasteiger partial charge on any atom is -0.198 e. The summed E-state index contributed by atoms with van der Waals surface area (Å²) in [6.45, 7) is 10.9. The van der Waals surface area contributed by atoms with Crippen LogP contribution in [0.15, 0.2) is 6.07 Å². The summed E-state index contributed by atoms with van der Waals surface area (Å²) >= 11 is 0. The van der Waals surface area contributed by atoms with E-state index >= 15 is 0 Å². The smallest absolute Gasteiger partial charge is 0.0665 e. The van der Waals surface area contributed by atoms with Crippen LogP contribution in [0.3, 0.4) is 0 Å². The molecular weight excluding hydrogens is 194 g/mol. The predicted octanol–water partition coefficient (Wildman–Crippen LogP) is 3.72. The molecule has 2 rings (SSSR count). The van der Waals surface area contributed by atoms with Gasteiger partial charge in [0, 0.05) is 5.41 Å². The highest BCUT2D eigenvalue weighted by atomic mass is 14.6. The Balaban J connectivity index is 2.63. The molecule has 2 atom stereocenters. The van der Waals surface area contributed by atoms with Crippen molar-refractivity contribution in [3.05, 3.63) is 33.9 Å². The summed E-state index contributed by atoms with van der Waals surface area (Å²) in [5.74, 6) is 0.214. The molecule has 1 aromatic carbocycles. The highest BCUT2D eigenvalue weighted by Crippen LogP contribution is 2.55. The van der Waals surface area contributed by atoms with Crippen molar-refractivity contribution in [1.29, 1.82) is 5.26 Å². The van der Waals surface area contributed by atoms with E-state index in [0.717, 1.165) is 6.42 Å². The highest BCUT2D eigenvalue weighted by molar-refractivity contribution is 5.51. The van der Waals surface area contributed by atoms with Crippen molar-refractivity contribution in [1.82, 2.24) is 0 Å². The summed E-state index contributed by atoms with van der Waals surface area (Å²) in [6, 6.07) is 4.67. The third-order valence-corrected chi connectivity index (χ3v) is 4.33. The fourth-order valence-corrected chi connectivity index (χ4v) is 2.90. The summed E-state index contributed by atoms with van der Waals surface area (Å²) in [4.78, 5) is 0. The van der Waals surface area contributed by atoms with Crippen molar-refractivity contribution in [3.8, 4) is 6.07 Å². The van der Waals surface area contributed by atoms with Gasteiger partial charge in [0.15, 0.2) is 0 Å². The predicted molar refractivity (Wildman–Crippen MR) is 66.5 cm³/mol. The van der Waals surface area contributed by atoms with Gasteiger partial charge >= 0.3 is 0 Å². The Hall–Kier alpha value is -1.29. The molecule has 0 bridgehead atoms. The second-order valence-electron chi connectivity index (χ2n) is 5.44. The van der Waals surface area contributed by atoms with Gasteiger partial charge in [0.05, 0.1) is 12.0 Å². The minimum absolute atomic E-state index is 0.111. The molecule has 16 heavy (non-hydrogen) atoms. The van der Waals surface area contributed by atoms with Crippen molar-refractivity contribution < 1.29 is 0 Å². The van der Waals surface area contributed by atoms with Gasteiger partial charge in [-0.25, -0.2) is 0 Å². The lowest BCUT2D eigenvalue weighted by Gasteiger charge is -2.20. The number of benzene rings is 1. The molecule has 0 heterocycles. The van der Waals surface area contributed by atoms with E-state index in [0.29, 0.717) is 0 Å². The zero-order chi connectivity index (χ0) is 12.1. The Kier molecular flexibility index (Phi) is 2.35. The normalized spacial score (nSPS) is 27.6. The highest BCUT2D eigenvalue weighted by Gasteiger charge is 2.53. The van der Waals surface area contributed by atoms with Gasteiger partial charge < -0.3 is 0 Å². The molecule has 0 aromatic heterocycles. The zero-order valence-corrected chi connectivity index (χ0v) is 10.8. The Bertz CT molecular complexity index is 467. The van der Waals surface area contributed by atoms with E-state index in [9.17, 15) is 0 Å². The summed E-state index contributed by atoms with van der Waals surface area (Å²) in [5, 5.41) is 9.07. The molecule has 0 radical (unpaired) electrons. The quantitative estimate of drug-likeness (QED) is 0.697. The van der Waals surface area contributed by atoms with Crippen LogP contribution >= 0.6 is 0 Å². The molecule has 0 spiro atoms. The van der Waals surface area contributed by atoms with Crippen LogP contribution in [0.5, 0.6) is 0 Å². The Morgan fingerprint density at radius 1 is 1.19 bits per heavy atom. The van der Waals surface area contributed by atoms with E-state index in [1.807, 2.05) is 0 Å². The molecule has 1 fully saturated rings. The lowest BCUT2D eigenvalue weighted by molar-refractivity contribution is 0.725. The summed E-state index contributed by atoms with van der Waals surface area (Å²) in [7, 11) is 0. The molecule has 1 heteroatoms. The largest absolute Gasteiger partial charge is 0.198 e. The van der Waals surface area contributed by atoms with Crippen LogP contribution in [-0.2, 0) is 5.41 Å². The molecule has 0 saturated heterocycles. The number of nitriles is 1. The lowest BCUT2D eigenvalue weighted by Crippen LogP contribution is -2.11. The Morgan fingerprint density at radius 3 is 2.06 bits per heavy atom. The number of nitrogens with zero attached hydrogens (tertiary/aromatic N) is 1. The Morgan fingerprint density at radius 2 is 1.69 bits per heavy atom. The van der Waals surface area contributed by atoms with E-state index < -0.39 is 0 Å². The first kappa shape index (κ1) is 11.2. The zero-order valence-electron chi connectivity index (χ0n) is 10.8. The third-order valence-electron chi connectivity index (χ3n) is 4.33. The maximum absolute atomic E-state index is 9.07. The monoisotopic (exact) mass is 213 g/mol. The number of rotatable bonds is 1. The number of hydrogen-bond donors (Lipinski definition) is 0. The van der Waals surface area contributed by atoms with Crippen molar-refractivity contribution >= 4 is 0 Å². The molecule has 84 valence electrons. The molecule has 1 nitrogen and oxygen atoms in total. The van der Waals surface area contributed by atoms with Crippen LogP contribution in [0.25, 0.3) is 0 Å². The first-order valence-corrected chi connectivity index (χ1v) is 5.89. The van der Waals surface area contributed by atoms with Gasteiger partial charge in [0.1, 0.15) is 0 Å². The van der Waals surface area contributed by atoms with Crippen molar-refractivity contribution in [2.75, 3.05) is 0 Å². The number of aryl methyl sites for hydroxylation is 2. The van der Waals surface area contributed by atoms with E-state index in [1.54, 1.807) is 0 Å². The van der Waals surface area contributed by atoms with Crippen molar-refractivity contribution in [3.63, 3.8) is 0 Å². The van der Waals surface area contributed by atoms with Crippen LogP contribution in [0, 0.1) is 44.9 Å². The molecule has 1 saturated carbocycles. The van der Waals surface area contributed by atoms with Gasteiger partial charge in [0.25, 0.3) is 0 Å². The maximum Gasteiger partial charge on any atom is 0.0665 e. The van der Waals surface area contributed by atoms with Gasteiger partial charge in [0.2, 0.25) is 0 Å². The SMILES string of the molecule is Cc1cc(C)c(C)c(C2(C)CC2C#N)c1C. The molecule has 1 aliphatic carbocycles. The summed E-state index contributed by atoms with van der Waals surface area (Å²) in [6.07, 6.45) is 1.02. The molecule has 1 aliphatic rings. The fourth-order valence-electron chi connectivity index (χ4n) is 2.90. The molecule has 0 aliphatic heterocycles. The third kappa shape index (κ3) is 1.37. The molecule has 0 amide bonds. The standard InChI is InChI=1S/C15H19N/c1-9-6-10(2)12(4)14(11(9)3)15(5)7-13(15)8-16/h6,13H,7H2,1-5H3. The van der Waals surface area contributed by atoms with Crippen LogP contribution < -0.4 is 0 Å². The second-order valence-corrected chi connectivity index (χ2v) is 5.44. The van der Waals surface area contributed by atoms with E-state index in [-0.39, 0.29) is 11.3 Å². The average molecular weight is 213 g/mol. The molecule has 1 aromatic rings. The topological polar surface area (TPSA) is 23.8 Å². The molecule has 2 unspecified atom stereocenters. The average Bonchev–Trinajstić information content (AvgIpc) is 2.88. The van der Waals surface area contributed by atoms with Gasteiger partial charge in [-0.2, -0.15) is 5.26 Å². The summed E-state index contributed by atoms with van der Waals surface area (Å²) in [5.41, 5.74) is 6.99. The van der Waals surface area contributed by atoms with E-state index in [1.165, 1.54) is 27.8 Å². The van der Waals surface area contributed by atoms with E-state index in [4.69, 9.17) is 5.26 Å². The van der Waals surface area contributed by atoms with Gasteiger partial charge in [-0.15, -0.1) is 0 Å². The minimum atomic E-state index is 0.111. The summed E-state index contributed by atoms with van der Waals surface area (Å²) < 4.78 is 0. The van der Waals surface area contributed by atoms with Gasteiger partial charge in [-0.05, 0) is 61.9 Å². The molecule has 0 N–H and O–H groups in total. The first-order chi connectivity index (χ1) is 7.41. The molecular formula is C15H19N. The van der Waals surface area contributed by atoms with Gasteiger partial charge in [-0.3, -0.25) is 0 Å². The fraction of sp³-hybridized carbons (Fsp3) is 0.533. The van der Waals surface area contributed by atoms with E-state index in [2.05, 4.69) is 46.8 Å². The van der Waals surface area contributed by atoms with Crippen LogP contribution in [0.1, 0.15) is 41.2 Å². The van der Waals surface area contributed by atoms with Crippen LogP contribution in [-0.4, -0.2) is 0 Å².